The van der Waals surface area contributed by atoms with Crippen LogP contribution in [0.1, 0.15) is 29.6 Å². The zero-order chi connectivity index (χ0) is 15.1. The van der Waals surface area contributed by atoms with Gasteiger partial charge >= 0.3 is 0 Å². The molecule has 1 saturated heterocycles. The molecule has 6 nitrogen and oxygen atoms in total. The Labute approximate surface area is 124 Å². The molecule has 0 aliphatic carbocycles. The van der Waals surface area contributed by atoms with Crippen LogP contribution in [0.2, 0.25) is 0 Å². The maximum Gasteiger partial charge on any atom is 0.251 e. The number of carbonyl (C=O) groups excluding carboxylic acids is 1. The first-order chi connectivity index (χ1) is 10.1. The number of nitrogens with one attached hydrogen (secondary N) is 2. The summed E-state index contributed by atoms with van der Waals surface area (Å²) in [6.45, 7) is 3.13. The van der Waals surface area contributed by atoms with Crippen molar-refractivity contribution in [3.8, 4) is 11.5 Å². The third-order valence-electron chi connectivity index (χ3n) is 3.41. The number of ether oxygens (including phenoxy) is 1. The molecule has 1 aliphatic heterocycles. The molecule has 1 aliphatic rings. The van der Waals surface area contributed by atoms with E-state index in [1.807, 2.05) is 0 Å². The second-order valence-electron chi connectivity index (χ2n) is 5.17. The Morgan fingerprint density at radius 3 is 2.57 bits per heavy atom. The molecule has 1 aromatic carbocycles. The van der Waals surface area contributed by atoms with Crippen LogP contribution < -0.4 is 10.6 Å². The summed E-state index contributed by atoms with van der Waals surface area (Å²) in [7, 11) is 0. The van der Waals surface area contributed by atoms with Gasteiger partial charge in [0.2, 0.25) is 0 Å². The zero-order valence-corrected chi connectivity index (χ0v) is 12.0. The van der Waals surface area contributed by atoms with Crippen molar-refractivity contribution in [1.82, 2.24) is 10.6 Å². The molecule has 6 heteroatoms. The summed E-state index contributed by atoms with van der Waals surface area (Å²) < 4.78 is 5.74. The molecule has 1 amide bonds. The summed E-state index contributed by atoms with van der Waals surface area (Å²) in [6.07, 6.45) is 3.13. The minimum atomic E-state index is -0.317. The van der Waals surface area contributed by atoms with E-state index in [1.54, 1.807) is 0 Å². The highest BCUT2D eigenvalue weighted by molar-refractivity contribution is 5.94. The number of carbonyl (C=O) groups is 1. The van der Waals surface area contributed by atoms with Crippen molar-refractivity contribution in [2.75, 3.05) is 26.2 Å². The van der Waals surface area contributed by atoms with Crippen LogP contribution in [0.25, 0.3) is 0 Å². The van der Waals surface area contributed by atoms with Crippen LogP contribution in [-0.4, -0.2) is 48.5 Å². The molecule has 1 aromatic rings. The largest absolute Gasteiger partial charge is 0.508 e. The summed E-state index contributed by atoms with van der Waals surface area (Å²) in [6, 6.07) is 3.82. The highest BCUT2D eigenvalue weighted by atomic mass is 16.5. The molecule has 0 saturated carbocycles. The van der Waals surface area contributed by atoms with Gasteiger partial charge in [0.25, 0.3) is 5.91 Å². The molecule has 0 atom stereocenters. The van der Waals surface area contributed by atoms with E-state index in [0.717, 1.165) is 32.4 Å². The maximum atomic E-state index is 11.8. The summed E-state index contributed by atoms with van der Waals surface area (Å²) in [5, 5.41) is 24.7. The maximum absolute atomic E-state index is 11.8. The summed E-state index contributed by atoms with van der Waals surface area (Å²) >= 11 is 0. The Hall–Kier alpha value is -1.79. The number of piperidine rings is 1. The van der Waals surface area contributed by atoms with Crippen molar-refractivity contribution < 1.29 is 19.7 Å². The Bertz CT molecular complexity index is 452. The van der Waals surface area contributed by atoms with E-state index in [-0.39, 0.29) is 23.0 Å². The quantitative estimate of drug-likeness (QED) is 0.587. The number of phenols is 2. The molecule has 21 heavy (non-hydrogen) atoms. The van der Waals surface area contributed by atoms with E-state index in [9.17, 15) is 15.0 Å². The monoisotopic (exact) mass is 294 g/mol. The first-order valence-electron chi connectivity index (χ1n) is 7.28. The summed E-state index contributed by atoms with van der Waals surface area (Å²) in [4.78, 5) is 11.8. The van der Waals surface area contributed by atoms with Crippen LogP contribution in [0.5, 0.6) is 11.5 Å². The average molecular weight is 294 g/mol. The van der Waals surface area contributed by atoms with E-state index >= 15 is 0 Å². The Morgan fingerprint density at radius 2 is 1.90 bits per heavy atom. The fourth-order valence-corrected chi connectivity index (χ4v) is 2.31. The van der Waals surface area contributed by atoms with Gasteiger partial charge in [0, 0.05) is 24.8 Å². The van der Waals surface area contributed by atoms with Gasteiger partial charge in [-0.15, -0.1) is 0 Å². The van der Waals surface area contributed by atoms with E-state index in [0.29, 0.717) is 19.3 Å². The second kappa shape index (κ2) is 7.85. The molecule has 4 N–H and O–H groups in total. The topological polar surface area (TPSA) is 90.8 Å². The van der Waals surface area contributed by atoms with Crippen LogP contribution in [0.3, 0.4) is 0 Å². The fraction of sp³-hybridized carbons (Fsp3) is 0.533. The molecule has 0 aromatic heterocycles. The van der Waals surface area contributed by atoms with Gasteiger partial charge in [-0.05, 0) is 44.5 Å². The van der Waals surface area contributed by atoms with Gasteiger partial charge in [-0.1, -0.05) is 0 Å². The number of phenolic OH excluding ortho intramolecular Hbond substituents is 2. The van der Waals surface area contributed by atoms with Gasteiger partial charge < -0.3 is 25.6 Å². The van der Waals surface area contributed by atoms with Crippen molar-refractivity contribution in [3.05, 3.63) is 23.8 Å². The molecule has 0 bridgehead atoms. The first kappa shape index (κ1) is 15.6. The van der Waals surface area contributed by atoms with Crippen LogP contribution in [0, 0.1) is 0 Å². The number of hydrogen-bond donors (Lipinski definition) is 4. The minimum Gasteiger partial charge on any atom is -0.508 e. The third-order valence-corrected chi connectivity index (χ3v) is 3.41. The molecule has 0 radical (unpaired) electrons. The standard InChI is InChI=1S/C15H22N2O4/c18-12-8-11(9-13(19)10-12)15(20)17-4-1-7-21-14-2-5-16-6-3-14/h8-10,14,16,18-19H,1-7H2,(H,17,20). The van der Waals surface area contributed by atoms with Gasteiger partial charge in [-0.2, -0.15) is 0 Å². The fourth-order valence-electron chi connectivity index (χ4n) is 2.31. The first-order valence-corrected chi connectivity index (χ1v) is 7.28. The Morgan fingerprint density at radius 1 is 1.24 bits per heavy atom. The number of rotatable bonds is 6. The second-order valence-corrected chi connectivity index (χ2v) is 5.17. The number of hydrogen-bond acceptors (Lipinski definition) is 5. The molecule has 116 valence electrons. The lowest BCUT2D eigenvalue weighted by atomic mass is 10.1. The van der Waals surface area contributed by atoms with Crippen LogP contribution in [0.15, 0.2) is 18.2 Å². The van der Waals surface area contributed by atoms with Crippen LogP contribution in [-0.2, 0) is 4.74 Å². The van der Waals surface area contributed by atoms with E-state index in [1.165, 1.54) is 18.2 Å². The molecule has 2 rings (SSSR count). The van der Waals surface area contributed by atoms with Gasteiger partial charge in [0.05, 0.1) is 6.10 Å². The third kappa shape index (κ3) is 5.24. The molecule has 0 spiro atoms. The normalized spacial score (nSPS) is 15.8. The summed E-state index contributed by atoms with van der Waals surface area (Å²) in [5.74, 6) is -0.577. The van der Waals surface area contributed by atoms with Crippen molar-refractivity contribution in [2.24, 2.45) is 0 Å². The lowest BCUT2D eigenvalue weighted by Crippen LogP contribution is -2.33. The summed E-state index contributed by atoms with van der Waals surface area (Å²) in [5.41, 5.74) is 0.242. The predicted molar refractivity (Wildman–Crippen MR) is 78.6 cm³/mol. The van der Waals surface area contributed by atoms with Crippen molar-refractivity contribution >= 4 is 5.91 Å². The highest BCUT2D eigenvalue weighted by Crippen LogP contribution is 2.20. The van der Waals surface area contributed by atoms with Gasteiger partial charge in [0.1, 0.15) is 11.5 Å². The van der Waals surface area contributed by atoms with Gasteiger partial charge in [-0.25, -0.2) is 0 Å². The van der Waals surface area contributed by atoms with Crippen molar-refractivity contribution in [1.29, 1.82) is 0 Å². The smallest absolute Gasteiger partial charge is 0.251 e. The lowest BCUT2D eigenvalue weighted by Gasteiger charge is -2.22. The molecular weight excluding hydrogens is 272 g/mol. The average Bonchev–Trinajstić information content (AvgIpc) is 2.47. The van der Waals surface area contributed by atoms with Crippen LogP contribution >= 0.6 is 0 Å². The van der Waals surface area contributed by atoms with E-state index in [4.69, 9.17) is 4.74 Å². The Balaban J connectivity index is 1.64. The van der Waals surface area contributed by atoms with E-state index in [2.05, 4.69) is 10.6 Å². The van der Waals surface area contributed by atoms with Crippen molar-refractivity contribution in [2.45, 2.75) is 25.4 Å². The van der Waals surface area contributed by atoms with Crippen molar-refractivity contribution in [3.63, 3.8) is 0 Å². The SMILES string of the molecule is O=C(NCCCOC1CCNCC1)c1cc(O)cc(O)c1. The molecule has 0 unspecified atom stereocenters. The van der Waals surface area contributed by atoms with Gasteiger partial charge in [-0.3, -0.25) is 4.79 Å². The highest BCUT2D eigenvalue weighted by Gasteiger charge is 2.13. The van der Waals surface area contributed by atoms with E-state index < -0.39 is 0 Å². The number of benzene rings is 1. The molecule has 1 heterocycles. The van der Waals surface area contributed by atoms with Gasteiger partial charge in [0.15, 0.2) is 0 Å². The lowest BCUT2D eigenvalue weighted by molar-refractivity contribution is 0.0318. The Kier molecular flexibility index (Phi) is 5.83. The zero-order valence-electron chi connectivity index (χ0n) is 12.0. The molecule has 1 fully saturated rings. The number of amides is 1. The van der Waals surface area contributed by atoms with Crippen LogP contribution in [0.4, 0.5) is 0 Å². The minimum absolute atomic E-state index is 0.130. The molecular formula is C15H22N2O4. The predicted octanol–water partition coefficient (Wildman–Crippen LogP) is 0.986. The number of aromatic hydroxyl groups is 2.